The van der Waals surface area contributed by atoms with Crippen molar-refractivity contribution in [2.75, 3.05) is 32.7 Å². The van der Waals surface area contributed by atoms with Crippen LogP contribution in [0.3, 0.4) is 0 Å². The molecule has 0 aromatic carbocycles. The minimum Gasteiger partial charge on any atom is -0.480 e. The van der Waals surface area contributed by atoms with E-state index in [-0.39, 0.29) is 6.04 Å². The molecule has 0 saturated carbocycles. The van der Waals surface area contributed by atoms with Crippen LogP contribution in [-0.4, -0.2) is 59.6 Å². The largest absolute Gasteiger partial charge is 0.480 e. The summed E-state index contributed by atoms with van der Waals surface area (Å²) in [6.07, 6.45) is 7.03. The van der Waals surface area contributed by atoms with Gasteiger partial charge in [-0.2, -0.15) is 0 Å². The predicted octanol–water partition coefficient (Wildman–Crippen LogP) is 1.41. The van der Waals surface area contributed by atoms with Crippen molar-refractivity contribution >= 4 is 5.97 Å². The van der Waals surface area contributed by atoms with Gasteiger partial charge in [0.2, 0.25) is 0 Å². The van der Waals surface area contributed by atoms with Crippen molar-refractivity contribution in [2.24, 2.45) is 0 Å². The van der Waals surface area contributed by atoms with E-state index in [0.717, 1.165) is 38.9 Å². The molecule has 1 atom stereocenters. The van der Waals surface area contributed by atoms with Gasteiger partial charge in [-0.05, 0) is 45.3 Å². The van der Waals surface area contributed by atoms with Crippen LogP contribution in [-0.2, 0) is 4.79 Å². The first-order valence-corrected chi connectivity index (χ1v) is 6.96. The first-order chi connectivity index (χ1) is 8.27. The third kappa shape index (κ3) is 3.68. The second-order valence-electron chi connectivity index (χ2n) is 5.29. The van der Waals surface area contributed by atoms with E-state index in [1.54, 1.807) is 0 Å². The lowest BCUT2D eigenvalue weighted by Crippen LogP contribution is -2.48. The molecule has 4 heteroatoms. The first-order valence-electron chi connectivity index (χ1n) is 6.96. The Bertz CT molecular complexity index is 252. The average molecular weight is 240 g/mol. The standard InChI is InChI=1S/C13H24N2O2/c16-13(17)12-6-2-5-9-15(12)11-10-14-7-3-1-4-8-14/h12H,1-11H2,(H,16,17). The van der Waals surface area contributed by atoms with Crippen LogP contribution in [0.4, 0.5) is 0 Å². The summed E-state index contributed by atoms with van der Waals surface area (Å²) in [6.45, 7) is 5.34. The lowest BCUT2D eigenvalue weighted by Gasteiger charge is -2.35. The fourth-order valence-electron chi connectivity index (χ4n) is 2.99. The Labute approximate surface area is 104 Å². The fraction of sp³-hybridized carbons (Fsp3) is 0.923. The summed E-state index contributed by atoms with van der Waals surface area (Å²) >= 11 is 0. The maximum Gasteiger partial charge on any atom is 0.320 e. The Morgan fingerprint density at radius 1 is 1.00 bits per heavy atom. The molecular weight excluding hydrogens is 216 g/mol. The Balaban J connectivity index is 1.77. The topological polar surface area (TPSA) is 43.8 Å². The number of aliphatic carboxylic acids is 1. The number of nitrogens with zero attached hydrogens (tertiary/aromatic N) is 2. The Morgan fingerprint density at radius 2 is 1.71 bits per heavy atom. The number of hydrogen-bond donors (Lipinski definition) is 1. The molecule has 0 radical (unpaired) electrons. The Morgan fingerprint density at radius 3 is 2.41 bits per heavy atom. The molecule has 0 aromatic heterocycles. The fourth-order valence-corrected chi connectivity index (χ4v) is 2.99. The van der Waals surface area contributed by atoms with Gasteiger partial charge in [0.15, 0.2) is 0 Å². The maximum atomic E-state index is 11.2. The summed E-state index contributed by atoms with van der Waals surface area (Å²) in [4.78, 5) is 15.8. The molecule has 0 bridgehead atoms. The highest BCUT2D eigenvalue weighted by Crippen LogP contribution is 2.17. The smallest absolute Gasteiger partial charge is 0.320 e. The second kappa shape index (κ2) is 6.36. The number of hydrogen-bond acceptors (Lipinski definition) is 3. The Hall–Kier alpha value is -0.610. The highest BCUT2D eigenvalue weighted by atomic mass is 16.4. The van der Waals surface area contributed by atoms with Crippen molar-refractivity contribution in [3.8, 4) is 0 Å². The molecular formula is C13H24N2O2. The second-order valence-corrected chi connectivity index (χ2v) is 5.29. The van der Waals surface area contributed by atoms with Gasteiger partial charge in [-0.15, -0.1) is 0 Å². The average Bonchev–Trinajstić information content (AvgIpc) is 2.38. The van der Waals surface area contributed by atoms with E-state index < -0.39 is 5.97 Å². The summed E-state index contributed by atoms with van der Waals surface area (Å²) in [6, 6.07) is -0.228. The molecule has 4 nitrogen and oxygen atoms in total. The normalized spacial score (nSPS) is 28.1. The minimum atomic E-state index is -0.636. The van der Waals surface area contributed by atoms with Gasteiger partial charge in [0.25, 0.3) is 0 Å². The third-order valence-electron chi connectivity index (χ3n) is 4.05. The molecule has 0 aliphatic carbocycles. The molecule has 2 fully saturated rings. The van der Waals surface area contributed by atoms with Crippen molar-refractivity contribution < 1.29 is 9.90 Å². The van der Waals surface area contributed by atoms with Crippen LogP contribution in [0.25, 0.3) is 0 Å². The van der Waals surface area contributed by atoms with Crippen molar-refractivity contribution in [2.45, 2.75) is 44.6 Å². The molecule has 2 rings (SSSR count). The highest BCUT2D eigenvalue weighted by Gasteiger charge is 2.28. The van der Waals surface area contributed by atoms with Crippen LogP contribution in [0.5, 0.6) is 0 Å². The highest BCUT2D eigenvalue weighted by molar-refractivity contribution is 5.73. The lowest BCUT2D eigenvalue weighted by atomic mass is 10.0. The van der Waals surface area contributed by atoms with Crippen molar-refractivity contribution in [3.63, 3.8) is 0 Å². The van der Waals surface area contributed by atoms with Gasteiger partial charge < -0.3 is 10.0 Å². The zero-order valence-electron chi connectivity index (χ0n) is 10.6. The molecule has 0 spiro atoms. The molecule has 1 unspecified atom stereocenters. The minimum absolute atomic E-state index is 0.228. The zero-order valence-corrected chi connectivity index (χ0v) is 10.6. The molecule has 2 aliphatic heterocycles. The van der Waals surface area contributed by atoms with Crippen LogP contribution in [0.1, 0.15) is 38.5 Å². The molecule has 0 aromatic rings. The molecule has 2 heterocycles. The van der Waals surface area contributed by atoms with Gasteiger partial charge in [0, 0.05) is 13.1 Å². The lowest BCUT2D eigenvalue weighted by molar-refractivity contribution is -0.144. The number of carboxylic acid groups (broad SMARTS) is 1. The summed E-state index contributed by atoms with van der Waals surface area (Å²) < 4.78 is 0. The number of piperidine rings is 2. The Kier molecular flexibility index (Phi) is 4.80. The summed E-state index contributed by atoms with van der Waals surface area (Å²) in [5.74, 6) is -0.636. The van der Waals surface area contributed by atoms with Crippen molar-refractivity contribution in [1.82, 2.24) is 9.80 Å². The van der Waals surface area contributed by atoms with E-state index in [4.69, 9.17) is 0 Å². The van der Waals surface area contributed by atoms with E-state index in [1.165, 1.54) is 32.4 Å². The van der Waals surface area contributed by atoms with Crippen LogP contribution >= 0.6 is 0 Å². The van der Waals surface area contributed by atoms with Crippen LogP contribution < -0.4 is 0 Å². The quantitative estimate of drug-likeness (QED) is 0.807. The first kappa shape index (κ1) is 12.8. The molecule has 0 amide bonds. The van der Waals surface area contributed by atoms with E-state index in [2.05, 4.69) is 9.80 Å². The van der Waals surface area contributed by atoms with Gasteiger partial charge in [0.1, 0.15) is 6.04 Å². The van der Waals surface area contributed by atoms with E-state index in [0.29, 0.717) is 0 Å². The number of carbonyl (C=O) groups is 1. The monoisotopic (exact) mass is 240 g/mol. The zero-order chi connectivity index (χ0) is 12.1. The third-order valence-corrected chi connectivity index (χ3v) is 4.05. The maximum absolute atomic E-state index is 11.2. The molecule has 17 heavy (non-hydrogen) atoms. The van der Waals surface area contributed by atoms with E-state index in [9.17, 15) is 9.90 Å². The summed E-state index contributed by atoms with van der Waals surface area (Å²) in [5.41, 5.74) is 0. The van der Waals surface area contributed by atoms with Crippen molar-refractivity contribution in [3.05, 3.63) is 0 Å². The van der Waals surface area contributed by atoms with Crippen LogP contribution in [0.2, 0.25) is 0 Å². The van der Waals surface area contributed by atoms with Gasteiger partial charge >= 0.3 is 5.97 Å². The summed E-state index contributed by atoms with van der Waals surface area (Å²) in [5, 5.41) is 9.19. The van der Waals surface area contributed by atoms with Gasteiger partial charge in [-0.3, -0.25) is 9.69 Å². The van der Waals surface area contributed by atoms with Crippen LogP contribution in [0.15, 0.2) is 0 Å². The van der Waals surface area contributed by atoms with Crippen molar-refractivity contribution in [1.29, 1.82) is 0 Å². The van der Waals surface area contributed by atoms with E-state index >= 15 is 0 Å². The number of rotatable bonds is 4. The molecule has 98 valence electrons. The molecule has 2 aliphatic rings. The number of likely N-dealkylation sites (tertiary alicyclic amines) is 2. The van der Waals surface area contributed by atoms with Crippen LogP contribution in [0, 0.1) is 0 Å². The van der Waals surface area contributed by atoms with Gasteiger partial charge in [0.05, 0.1) is 0 Å². The van der Waals surface area contributed by atoms with E-state index in [1.807, 2.05) is 0 Å². The predicted molar refractivity (Wildman–Crippen MR) is 67.1 cm³/mol. The SMILES string of the molecule is O=C(O)C1CCCCN1CCN1CCCCC1. The van der Waals surface area contributed by atoms with Gasteiger partial charge in [-0.1, -0.05) is 12.8 Å². The number of carboxylic acids is 1. The van der Waals surface area contributed by atoms with Gasteiger partial charge in [-0.25, -0.2) is 0 Å². The molecule has 1 N–H and O–H groups in total. The summed E-state index contributed by atoms with van der Waals surface area (Å²) in [7, 11) is 0. The molecule has 2 saturated heterocycles.